The molecule has 0 spiro atoms. The predicted molar refractivity (Wildman–Crippen MR) is 148 cm³/mol. The van der Waals surface area contributed by atoms with Crippen LogP contribution >= 0.6 is 11.3 Å². The number of nitrogens with zero attached hydrogens (tertiary/aromatic N) is 5. The van der Waals surface area contributed by atoms with Crippen molar-refractivity contribution in [1.29, 1.82) is 0 Å². The van der Waals surface area contributed by atoms with Gasteiger partial charge in [0.05, 0.1) is 21.3 Å². The van der Waals surface area contributed by atoms with E-state index in [0.717, 1.165) is 27.1 Å². The molecule has 2 amide bonds. The average molecular weight is 535 g/mol. The van der Waals surface area contributed by atoms with Gasteiger partial charge in [-0.1, -0.05) is 31.3 Å². The largest absolute Gasteiger partial charge is 0.480 e. The van der Waals surface area contributed by atoms with Crippen LogP contribution in [-0.4, -0.2) is 62.7 Å². The lowest BCUT2D eigenvalue weighted by atomic mass is 9.83. The van der Waals surface area contributed by atoms with Gasteiger partial charge in [-0.2, -0.15) is 0 Å². The van der Waals surface area contributed by atoms with Crippen molar-refractivity contribution >= 4 is 38.7 Å². The Bertz CT molecular complexity index is 1440. The molecule has 0 fully saturated rings. The van der Waals surface area contributed by atoms with Crippen LogP contribution < -0.4 is 21.7 Å². The van der Waals surface area contributed by atoms with Crippen molar-refractivity contribution in [2.24, 2.45) is 11.5 Å². The molecule has 0 radical (unpaired) electrons. The molecule has 198 valence electrons. The minimum Gasteiger partial charge on any atom is -0.480 e. The van der Waals surface area contributed by atoms with Crippen LogP contribution in [0, 0.1) is 0 Å². The second kappa shape index (κ2) is 11.2. The fourth-order valence-electron chi connectivity index (χ4n) is 4.22. The predicted octanol–water partition coefficient (Wildman–Crippen LogP) is 3.00. The molecular formula is C26H30N8O3S. The molecule has 0 saturated heterocycles. The number of pyridine rings is 1. The topological polar surface area (TPSA) is 173 Å². The van der Waals surface area contributed by atoms with Crippen molar-refractivity contribution < 1.29 is 14.7 Å². The fourth-order valence-corrected chi connectivity index (χ4v) is 5.36. The Balaban J connectivity index is 1.79. The van der Waals surface area contributed by atoms with Gasteiger partial charge < -0.3 is 21.9 Å². The van der Waals surface area contributed by atoms with Gasteiger partial charge in [-0.3, -0.25) is 14.7 Å². The summed E-state index contributed by atoms with van der Waals surface area (Å²) in [5, 5.41) is 13.2. The Kier molecular flexibility index (Phi) is 7.95. The Labute approximate surface area is 224 Å². The van der Waals surface area contributed by atoms with Crippen LogP contribution in [0.5, 0.6) is 0 Å². The molecule has 0 aliphatic rings. The molecule has 1 unspecified atom stereocenters. The van der Waals surface area contributed by atoms with Gasteiger partial charge in [0.1, 0.15) is 11.9 Å². The molecule has 4 aromatic rings. The maximum Gasteiger partial charge on any atom is 0.321 e. The van der Waals surface area contributed by atoms with E-state index in [4.69, 9.17) is 16.5 Å². The summed E-state index contributed by atoms with van der Waals surface area (Å²) in [6.07, 6.45) is 5.06. The number of thiazole rings is 1. The molecule has 4 rings (SSSR count). The van der Waals surface area contributed by atoms with E-state index in [-0.39, 0.29) is 0 Å². The van der Waals surface area contributed by atoms with Crippen LogP contribution in [0.15, 0.2) is 48.9 Å². The zero-order chi connectivity index (χ0) is 27.4. The molecule has 0 aliphatic heterocycles. The Morgan fingerprint density at radius 3 is 2.47 bits per heavy atom. The Hall–Kier alpha value is -4.00. The molecule has 11 nitrogen and oxygen atoms in total. The van der Waals surface area contributed by atoms with Gasteiger partial charge in [0.25, 0.3) is 0 Å². The monoisotopic (exact) mass is 534 g/mol. The molecule has 6 N–H and O–H groups in total. The van der Waals surface area contributed by atoms with E-state index < -0.39 is 23.5 Å². The first-order chi connectivity index (χ1) is 18.2. The molecule has 3 aromatic heterocycles. The normalized spacial score (nSPS) is 12.4. The highest BCUT2D eigenvalue weighted by Gasteiger charge is 2.38. The van der Waals surface area contributed by atoms with Gasteiger partial charge >= 0.3 is 12.0 Å². The van der Waals surface area contributed by atoms with Crippen LogP contribution in [0.1, 0.15) is 26.6 Å². The lowest BCUT2D eigenvalue weighted by Crippen LogP contribution is -2.52. The Morgan fingerprint density at radius 1 is 1.16 bits per heavy atom. The molecule has 12 heteroatoms. The molecule has 0 aliphatic carbocycles. The van der Waals surface area contributed by atoms with E-state index in [1.165, 1.54) is 16.2 Å². The van der Waals surface area contributed by atoms with Gasteiger partial charge in [0, 0.05) is 49.4 Å². The first-order valence-corrected chi connectivity index (χ1v) is 12.9. The molecule has 0 saturated carbocycles. The summed E-state index contributed by atoms with van der Waals surface area (Å²) in [4.78, 5) is 43.6. The van der Waals surface area contributed by atoms with Gasteiger partial charge in [0.15, 0.2) is 5.13 Å². The van der Waals surface area contributed by atoms with Crippen LogP contribution in [0.4, 0.5) is 9.93 Å². The van der Waals surface area contributed by atoms with Crippen LogP contribution in [0.3, 0.4) is 0 Å². The number of anilines is 1. The number of urea groups is 1. The van der Waals surface area contributed by atoms with Gasteiger partial charge in [0.2, 0.25) is 0 Å². The summed E-state index contributed by atoms with van der Waals surface area (Å²) < 4.78 is 0.871. The lowest BCUT2D eigenvalue weighted by molar-refractivity contribution is -0.141. The molecule has 0 bridgehead atoms. The number of carboxylic acid groups (broad SMARTS) is 1. The summed E-state index contributed by atoms with van der Waals surface area (Å²) in [5.41, 5.74) is 14.0. The van der Waals surface area contributed by atoms with Crippen molar-refractivity contribution in [1.82, 2.24) is 25.3 Å². The zero-order valence-electron chi connectivity index (χ0n) is 21.4. The van der Waals surface area contributed by atoms with E-state index in [2.05, 4.69) is 20.3 Å². The number of aromatic nitrogens is 4. The van der Waals surface area contributed by atoms with Crippen LogP contribution in [0.2, 0.25) is 0 Å². The SMILES string of the molecule is CCN(C(N)=O)c1nc2cc(-c3cnc(C(C)(C)C(NCCN)C(=O)O)nc3)cc(-c3ccccn3)c2s1. The van der Waals surface area contributed by atoms with Gasteiger partial charge in [-0.25, -0.2) is 19.7 Å². The first-order valence-electron chi connectivity index (χ1n) is 12.1. The minimum absolute atomic E-state index is 0.314. The van der Waals surface area contributed by atoms with Crippen molar-refractivity contribution in [3.63, 3.8) is 0 Å². The quantitative estimate of drug-likeness (QED) is 0.238. The van der Waals surface area contributed by atoms with E-state index in [1.54, 1.807) is 32.4 Å². The third-order valence-electron chi connectivity index (χ3n) is 6.26. The summed E-state index contributed by atoms with van der Waals surface area (Å²) in [5.74, 6) is -0.613. The smallest absolute Gasteiger partial charge is 0.321 e. The molecule has 3 heterocycles. The van der Waals surface area contributed by atoms with Crippen molar-refractivity contribution in [2.75, 3.05) is 24.5 Å². The zero-order valence-corrected chi connectivity index (χ0v) is 22.2. The number of nitrogens with one attached hydrogen (secondary N) is 1. The summed E-state index contributed by atoms with van der Waals surface area (Å²) in [6, 6.07) is 8.06. The van der Waals surface area contributed by atoms with Gasteiger partial charge in [-0.15, -0.1) is 0 Å². The van der Waals surface area contributed by atoms with Crippen LogP contribution in [0.25, 0.3) is 32.6 Å². The number of hydrogen-bond donors (Lipinski definition) is 4. The fraction of sp³-hybridized carbons (Fsp3) is 0.308. The third-order valence-corrected chi connectivity index (χ3v) is 7.38. The number of aliphatic carboxylic acids is 1. The number of carboxylic acids is 1. The van der Waals surface area contributed by atoms with E-state index in [0.29, 0.717) is 36.1 Å². The number of primary amides is 1. The molecule has 1 atom stereocenters. The Morgan fingerprint density at radius 2 is 1.89 bits per heavy atom. The summed E-state index contributed by atoms with van der Waals surface area (Å²) in [6.45, 7) is 6.46. The lowest BCUT2D eigenvalue weighted by Gasteiger charge is -2.30. The highest BCUT2D eigenvalue weighted by Crippen LogP contribution is 2.39. The van der Waals surface area contributed by atoms with Crippen LogP contribution in [-0.2, 0) is 10.2 Å². The first kappa shape index (κ1) is 27.0. The number of nitrogens with two attached hydrogens (primary N) is 2. The molecule has 38 heavy (non-hydrogen) atoms. The number of rotatable bonds is 10. The minimum atomic E-state index is -1.00. The van der Waals surface area contributed by atoms with Crippen molar-refractivity contribution in [3.05, 3.63) is 54.7 Å². The highest BCUT2D eigenvalue weighted by atomic mass is 32.1. The number of carbonyl (C=O) groups excluding carboxylic acids is 1. The average Bonchev–Trinajstić information content (AvgIpc) is 3.32. The maximum absolute atomic E-state index is 12.0. The van der Waals surface area contributed by atoms with E-state index in [1.807, 2.05) is 37.3 Å². The third kappa shape index (κ3) is 5.32. The summed E-state index contributed by atoms with van der Waals surface area (Å²) in [7, 11) is 0. The van der Waals surface area contributed by atoms with Gasteiger partial charge in [-0.05, 0) is 36.8 Å². The second-order valence-electron chi connectivity index (χ2n) is 9.20. The van der Waals surface area contributed by atoms with Crippen molar-refractivity contribution in [3.8, 4) is 22.4 Å². The van der Waals surface area contributed by atoms with Crippen molar-refractivity contribution in [2.45, 2.75) is 32.2 Å². The number of hydrogen-bond acceptors (Lipinski definition) is 9. The number of fused-ring (bicyclic) bond motifs is 1. The second-order valence-corrected chi connectivity index (χ2v) is 10.2. The highest BCUT2D eigenvalue weighted by molar-refractivity contribution is 7.23. The summed E-state index contributed by atoms with van der Waals surface area (Å²) >= 11 is 1.37. The standard InChI is InChI=1S/C26H30N8O3S/c1-4-34(24(28)37)25-33-19-12-15(11-17(20(19)38-25)18-7-5-6-9-29-18)16-13-31-23(32-14-16)26(2,3)21(22(35)36)30-10-8-27/h5-7,9,11-14,21,30H,4,8,10,27H2,1-3H3,(H2,28,37)(H,35,36). The molecule has 1 aromatic carbocycles. The number of benzene rings is 1. The maximum atomic E-state index is 12.0. The molecular weight excluding hydrogens is 504 g/mol. The van der Waals surface area contributed by atoms with E-state index in [9.17, 15) is 14.7 Å². The number of carbonyl (C=O) groups is 2. The van der Waals surface area contributed by atoms with E-state index >= 15 is 0 Å². The number of amides is 2.